The number of amides is 1. The lowest BCUT2D eigenvalue weighted by molar-refractivity contribution is -0.145. The number of sulfonamides is 1. The van der Waals surface area contributed by atoms with Crippen molar-refractivity contribution in [1.82, 2.24) is 4.72 Å². The standard InChI is InChI=1S/C11H12N2O7S/c12-10(16)6-1-3-7(4-2-6)21(19,20)13-8(11(17)18)5-9(14)15/h1-4,8,13H,5H2,(H2,12,16)(H,14,15)(H,17,18)/t8-/m1/s1. The molecule has 1 aromatic rings. The van der Waals surface area contributed by atoms with Crippen LogP contribution in [0.15, 0.2) is 29.2 Å². The normalized spacial score (nSPS) is 12.6. The third-order valence-corrected chi connectivity index (χ3v) is 3.91. The lowest BCUT2D eigenvalue weighted by atomic mass is 10.2. The van der Waals surface area contributed by atoms with E-state index in [4.69, 9.17) is 15.9 Å². The van der Waals surface area contributed by atoms with Crippen LogP contribution in [0.1, 0.15) is 16.8 Å². The average Bonchev–Trinajstić information content (AvgIpc) is 2.37. The number of carbonyl (C=O) groups is 3. The Kier molecular flexibility index (Phi) is 5.00. The maximum absolute atomic E-state index is 11.9. The molecule has 10 heteroatoms. The Labute approximate surface area is 119 Å². The first kappa shape index (κ1) is 16.6. The number of nitrogens with one attached hydrogen (secondary N) is 1. The number of hydrogen-bond donors (Lipinski definition) is 4. The van der Waals surface area contributed by atoms with Crippen molar-refractivity contribution in [3.63, 3.8) is 0 Å². The van der Waals surface area contributed by atoms with Crippen LogP contribution in [0.5, 0.6) is 0 Å². The largest absolute Gasteiger partial charge is 0.481 e. The molecule has 0 aliphatic carbocycles. The molecule has 0 aromatic heterocycles. The number of hydrogen-bond acceptors (Lipinski definition) is 5. The Bertz CT molecular complexity index is 666. The molecular weight excluding hydrogens is 304 g/mol. The molecule has 5 N–H and O–H groups in total. The fourth-order valence-electron chi connectivity index (χ4n) is 1.41. The molecule has 0 aliphatic heterocycles. The van der Waals surface area contributed by atoms with Crippen LogP contribution in [0.3, 0.4) is 0 Å². The molecule has 1 amide bonds. The minimum atomic E-state index is -4.24. The topological polar surface area (TPSA) is 164 Å². The van der Waals surface area contributed by atoms with Gasteiger partial charge in [0.1, 0.15) is 6.04 Å². The quantitative estimate of drug-likeness (QED) is 0.500. The molecule has 114 valence electrons. The van der Waals surface area contributed by atoms with Gasteiger partial charge in [0.15, 0.2) is 0 Å². The summed E-state index contributed by atoms with van der Waals surface area (Å²) in [6, 6.07) is 2.63. The first-order chi connectivity index (χ1) is 9.63. The minimum absolute atomic E-state index is 0.0780. The van der Waals surface area contributed by atoms with E-state index in [1.54, 1.807) is 4.72 Å². The van der Waals surface area contributed by atoms with Crippen LogP contribution in [0.25, 0.3) is 0 Å². The van der Waals surface area contributed by atoms with Crippen LogP contribution in [-0.2, 0) is 19.6 Å². The van der Waals surface area contributed by atoms with Crippen molar-refractivity contribution >= 4 is 27.9 Å². The molecule has 9 nitrogen and oxygen atoms in total. The molecule has 0 radical (unpaired) electrons. The van der Waals surface area contributed by atoms with E-state index in [1.165, 1.54) is 0 Å². The lowest BCUT2D eigenvalue weighted by Crippen LogP contribution is -2.42. The van der Waals surface area contributed by atoms with Gasteiger partial charge in [-0.05, 0) is 24.3 Å². The van der Waals surface area contributed by atoms with Gasteiger partial charge in [0, 0.05) is 5.56 Å². The summed E-state index contributed by atoms with van der Waals surface area (Å²) in [6.07, 6.45) is -0.909. The molecule has 21 heavy (non-hydrogen) atoms. The highest BCUT2D eigenvalue weighted by Gasteiger charge is 2.27. The third kappa shape index (κ3) is 4.54. The maximum Gasteiger partial charge on any atom is 0.322 e. The first-order valence-electron chi connectivity index (χ1n) is 5.50. The smallest absolute Gasteiger partial charge is 0.322 e. The van der Waals surface area contributed by atoms with Gasteiger partial charge in [-0.1, -0.05) is 0 Å². The van der Waals surface area contributed by atoms with Crippen molar-refractivity contribution in [1.29, 1.82) is 0 Å². The number of rotatable bonds is 7. The second-order valence-electron chi connectivity index (χ2n) is 4.00. The van der Waals surface area contributed by atoms with Crippen LogP contribution in [-0.4, -0.2) is 42.5 Å². The molecule has 0 spiro atoms. The number of benzene rings is 1. The van der Waals surface area contributed by atoms with Crippen molar-refractivity contribution in [2.75, 3.05) is 0 Å². The highest BCUT2D eigenvalue weighted by atomic mass is 32.2. The number of aliphatic carboxylic acids is 2. The van der Waals surface area contributed by atoms with Crippen LogP contribution in [0.4, 0.5) is 0 Å². The van der Waals surface area contributed by atoms with Crippen molar-refractivity contribution in [2.45, 2.75) is 17.4 Å². The van der Waals surface area contributed by atoms with Gasteiger partial charge in [0.2, 0.25) is 15.9 Å². The molecule has 0 aliphatic rings. The molecule has 1 aromatic carbocycles. The number of carboxylic acids is 2. The van der Waals surface area contributed by atoms with Crippen molar-refractivity contribution in [3.05, 3.63) is 29.8 Å². The fourth-order valence-corrected chi connectivity index (χ4v) is 2.60. The predicted octanol–water partition coefficient (Wildman–Crippen LogP) is -1.01. The Hall–Kier alpha value is -2.46. The maximum atomic E-state index is 11.9. The summed E-state index contributed by atoms with van der Waals surface area (Å²) in [6.45, 7) is 0. The SMILES string of the molecule is NC(=O)c1ccc(S(=O)(=O)N[C@H](CC(=O)O)C(=O)O)cc1. The molecule has 0 heterocycles. The lowest BCUT2D eigenvalue weighted by Gasteiger charge is -2.13. The molecule has 0 saturated heterocycles. The summed E-state index contributed by atoms with van der Waals surface area (Å²) in [5.41, 5.74) is 5.08. The van der Waals surface area contributed by atoms with Gasteiger partial charge in [0.25, 0.3) is 0 Å². The fraction of sp³-hybridized carbons (Fsp3) is 0.182. The van der Waals surface area contributed by atoms with Gasteiger partial charge in [-0.3, -0.25) is 14.4 Å². The molecule has 0 fully saturated rings. The zero-order valence-electron chi connectivity index (χ0n) is 10.5. The predicted molar refractivity (Wildman–Crippen MR) is 69.0 cm³/mol. The Morgan fingerprint density at radius 3 is 2.05 bits per heavy atom. The van der Waals surface area contributed by atoms with Gasteiger partial charge in [-0.2, -0.15) is 4.72 Å². The highest BCUT2D eigenvalue weighted by molar-refractivity contribution is 7.89. The van der Waals surface area contributed by atoms with E-state index in [0.717, 1.165) is 24.3 Å². The van der Waals surface area contributed by atoms with Crippen molar-refractivity contribution in [3.8, 4) is 0 Å². The van der Waals surface area contributed by atoms with Gasteiger partial charge >= 0.3 is 11.9 Å². The number of primary amides is 1. The monoisotopic (exact) mass is 316 g/mol. The van der Waals surface area contributed by atoms with Gasteiger partial charge in [-0.25, -0.2) is 8.42 Å². The summed E-state index contributed by atoms with van der Waals surface area (Å²) in [5, 5.41) is 17.3. The second kappa shape index (κ2) is 6.33. The summed E-state index contributed by atoms with van der Waals surface area (Å²) >= 11 is 0. The number of carbonyl (C=O) groups excluding carboxylic acids is 1. The van der Waals surface area contributed by atoms with Crippen LogP contribution in [0.2, 0.25) is 0 Å². The number of carboxylic acid groups (broad SMARTS) is 2. The zero-order chi connectivity index (χ0) is 16.2. The van der Waals surface area contributed by atoms with E-state index >= 15 is 0 Å². The van der Waals surface area contributed by atoms with E-state index < -0.39 is 40.3 Å². The van der Waals surface area contributed by atoms with Crippen molar-refractivity contribution < 1.29 is 33.0 Å². The van der Waals surface area contributed by atoms with Crippen LogP contribution in [0, 0.1) is 0 Å². The molecule has 0 saturated carbocycles. The average molecular weight is 316 g/mol. The Morgan fingerprint density at radius 1 is 1.14 bits per heavy atom. The third-order valence-electron chi connectivity index (χ3n) is 2.42. The molecular formula is C11H12N2O7S. The summed E-state index contributed by atoms with van der Waals surface area (Å²) < 4.78 is 25.6. The first-order valence-corrected chi connectivity index (χ1v) is 6.98. The van der Waals surface area contributed by atoms with Crippen molar-refractivity contribution in [2.24, 2.45) is 5.73 Å². The minimum Gasteiger partial charge on any atom is -0.481 e. The molecule has 0 bridgehead atoms. The number of nitrogens with two attached hydrogens (primary N) is 1. The van der Waals surface area contributed by atoms with E-state index in [0.29, 0.717) is 0 Å². The summed E-state index contributed by atoms with van der Waals surface area (Å²) in [5.74, 6) is -3.83. The zero-order valence-corrected chi connectivity index (χ0v) is 11.3. The molecule has 0 unspecified atom stereocenters. The Balaban J connectivity index is 3.01. The molecule has 1 atom stereocenters. The van der Waals surface area contributed by atoms with Gasteiger partial charge < -0.3 is 15.9 Å². The van der Waals surface area contributed by atoms with Crippen LogP contribution < -0.4 is 10.5 Å². The van der Waals surface area contributed by atoms with Gasteiger partial charge in [0.05, 0.1) is 11.3 Å². The van der Waals surface area contributed by atoms with E-state index in [2.05, 4.69) is 0 Å². The van der Waals surface area contributed by atoms with E-state index in [9.17, 15) is 22.8 Å². The van der Waals surface area contributed by atoms with E-state index in [1.807, 2.05) is 0 Å². The van der Waals surface area contributed by atoms with Gasteiger partial charge in [-0.15, -0.1) is 0 Å². The summed E-state index contributed by atoms with van der Waals surface area (Å²) in [4.78, 5) is 31.9. The molecule has 1 rings (SSSR count). The highest BCUT2D eigenvalue weighted by Crippen LogP contribution is 2.11. The Morgan fingerprint density at radius 2 is 1.67 bits per heavy atom. The van der Waals surface area contributed by atoms with Crippen LogP contribution >= 0.6 is 0 Å². The second-order valence-corrected chi connectivity index (χ2v) is 5.71. The van der Waals surface area contributed by atoms with E-state index in [-0.39, 0.29) is 10.5 Å². The summed E-state index contributed by atoms with van der Waals surface area (Å²) in [7, 11) is -4.24.